The maximum Gasteiger partial charge on any atom is 0.233 e. The van der Waals surface area contributed by atoms with Gasteiger partial charge >= 0.3 is 0 Å². The third-order valence-electron chi connectivity index (χ3n) is 3.90. The zero-order chi connectivity index (χ0) is 14.7. The van der Waals surface area contributed by atoms with Crippen LogP contribution in [0.15, 0.2) is 47.4 Å². The summed E-state index contributed by atoms with van der Waals surface area (Å²) in [5.74, 6) is 0.755. The molecule has 0 radical (unpaired) electrons. The minimum atomic E-state index is 0. The maximum absolute atomic E-state index is 12.3. The molecule has 1 heterocycles. The number of halogens is 1. The minimum absolute atomic E-state index is 0. The summed E-state index contributed by atoms with van der Waals surface area (Å²) in [7, 11) is 0. The van der Waals surface area contributed by atoms with Gasteiger partial charge in [-0.1, -0.05) is 30.3 Å². The molecule has 0 aliphatic carbocycles. The van der Waals surface area contributed by atoms with Crippen LogP contribution in [-0.2, 0) is 4.79 Å². The average Bonchev–Trinajstić information content (AvgIpc) is 2.53. The summed E-state index contributed by atoms with van der Waals surface area (Å²) in [6.07, 6.45) is 0. The van der Waals surface area contributed by atoms with Crippen LogP contribution in [0.1, 0.15) is 6.92 Å². The molecular formula is C17H21ClN2OS. The molecule has 5 heteroatoms. The lowest BCUT2D eigenvalue weighted by atomic mass is 10.1. The van der Waals surface area contributed by atoms with Crippen LogP contribution in [0.3, 0.4) is 0 Å². The molecular weight excluding hydrogens is 316 g/mol. The molecule has 2 aromatic rings. The molecule has 2 aromatic carbocycles. The predicted molar refractivity (Wildman–Crippen MR) is 96.0 cm³/mol. The highest BCUT2D eigenvalue weighted by atomic mass is 35.5. The summed E-state index contributed by atoms with van der Waals surface area (Å²) < 4.78 is 0. The second-order valence-corrected chi connectivity index (χ2v) is 6.49. The van der Waals surface area contributed by atoms with Crippen molar-refractivity contribution in [1.82, 2.24) is 10.2 Å². The maximum atomic E-state index is 12.3. The predicted octanol–water partition coefficient (Wildman–Crippen LogP) is 3.17. The summed E-state index contributed by atoms with van der Waals surface area (Å²) in [6, 6.07) is 15.0. The Bertz CT molecular complexity index is 649. The summed E-state index contributed by atoms with van der Waals surface area (Å²) >= 11 is 1.63. The van der Waals surface area contributed by atoms with Crippen molar-refractivity contribution in [2.45, 2.75) is 17.9 Å². The van der Waals surface area contributed by atoms with Gasteiger partial charge in [-0.05, 0) is 29.8 Å². The SMILES string of the molecule is CC1CNCCN1C(=O)CSc1ccc2ccccc2c1.Cl. The van der Waals surface area contributed by atoms with Crippen LogP contribution in [0.2, 0.25) is 0 Å². The van der Waals surface area contributed by atoms with E-state index in [0.717, 1.165) is 24.5 Å². The van der Waals surface area contributed by atoms with Gasteiger partial charge < -0.3 is 10.2 Å². The number of rotatable bonds is 3. The molecule has 1 saturated heterocycles. The van der Waals surface area contributed by atoms with E-state index in [2.05, 4.69) is 42.6 Å². The van der Waals surface area contributed by atoms with E-state index in [0.29, 0.717) is 11.8 Å². The number of carbonyl (C=O) groups excluding carboxylic acids is 1. The van der Waals surface area contributed by atoms with Crippen molar-refractivity contribution in [1.29, 1.82) is 0 Å². The lowest BCUT2D eigenvalue weighted by Gasteiger charge is -2.33. The highest BCUT2D eigenvalue weighted by Crippen LogP contribution is 2.24. The smallest absolute Gasteiger partial charge is 0.233 e. The number of hydrogen-bond acceptors (Lipinski definition) is 3. The van der Waals surface area contributed by atoms with Crippen LogP contribution in [0.4, 0.5) is 0 Å². The molecule has 0 bridgehead atoms. The second kappa shape index (κ2) is 7.86. The number of nitrogens with one attached hydrogen (secondary N) is 1. The van der Waals surface area contributed by atoms with Crippen LogP contribution in [0.25, 0.3) is 10.8 Å². The molecule has 0 spiro atoms. The topological polar surface area (TPSA) is 32.3 Å². The number of nitrogens with zero attached hydrogens (tertiary/aromatic N) is 1. The van der Waals surface area contributed by atoms with E-state index in [1.807, 2.05) is 17.0 Å². The van der Waals surface area contributed by atoms with Gasteiger partial charge in [-0.2, -0.15) is 0 Å². The van der Waals surface area contributed by atoms with Gasteiger partial charge in [-0.15, -0.1) is 24.2 Å². The Morgan fingerprint density at radius 3 is 2.82 bits per heavy atom. The normalized spacial score (nSPS) is 18.0. The minimum Gasteiger partial charge on any atom is -0.337 e. The number of thioether (sulfide) groups is 1. The molecule has 1 unspecified atom stereocenters. The molecule has 1 aliphatic heterocycles. The Morgan fingerprint density at radius 1 is 1.27 bits per heavy atom. The summed E-state index contributed by atoms with van der Waals surface area (Å²) in [6.45, 7) is 4.71. The van der Waals surface area contributed by atoms with Gasteiger partial charge in [0.25, 0.3) is 0 Å². The number of piperazine rings is 1. The molecule has 1 atom stereocenters. The van der Waals surface area contributed by atoms with E-state index in [1.54, 1.807) is 11.8 Å². The van der Waals surface area contributed by atoms with E-state index in [1.165, 1.54) is 10.8 Å². The Kier molecular flexibility index (Phi) is 6.12. The van der Waals surface area contributed by atoms with Gasteiger partial charge in [0.15, 0.2) is 0 Å². The molecule has 0 aromatic heterocycles. The lowest BCUT2D eigenvalue weighted by molar-refractivity contribution is -0.131. The van der Waals surface area contributed by atoms with E-state index in [9.17, 15) is 4.79 Å². The number of carbonyl (C=O) groups is 1. The van der Waals surface area contributed by atoms with Gasteiger partial charge in [0.2, 0.25) is 5.91 Å². The molecule has 22 heavy (non-hydrogen) atoms. The quantitative estimate of drug-likeness (QED) is 0.874. The summed E-state index contributed by atoms with van der Waals surface area (Å²) in [4.78, 5) is 15.5. The van der Waals surface area contributed by atoms with Crippen molar-refractivity contribution in [3.05, 3.63) is 42.5 Å². The standard InChI is InChI=1S/C17H20N2OS.ClH/c1-13-11-18-8-9-19(13)17(20)12-21-16-7-6-14-4-2-3-5-15(14)10-16;/h2-7,10,13,18H,8-9,11-12H2,1H3;1H. The molecule has 1 aliphatic rings. The van der Waals surface area contributed by atoms with E-state index in [-0.39, 0.29) is 18.3 Å². The van der Waals surface area contributed by atoms with Crippen molar-refractivity contribution in [3.8, 4) is 0 Å². The fraction of sp³-hybridized carbons (Fsp3) is 0.353. The van der Waals surface area contributed by atoms with E-state index >= 15 is 0 Å². The lowest BCUT2D eigenvalue weighted by Crippen LogP contribution is -2.52. The van der Waals surface area contributed by atoms with Gasteiger partial charge in [-0.3, -0.25) is 4.79 Å². The largest absolute Gasteiger partial charge is 0.337 e. The van der Waals surface area contributed by atoms with Crippen molar-refractivity contribution in [2.75, 3.05) is 25.4 Å². The molecule has 118 valence electrons. The van der Waals surface area contributed by atoms with Crippen molar-refractivity contribution < 1.29 is 4.79 Å². The van der Waals surface area contributed by atoms with Crippen molar-refractivity contribution in [3.63, 3.8) is 0 Å². The summed E-state index contributed by atoms with van der Waals surface area (Å²) in [5.41, 5.74) is 0. The Labute approximate surface area is 141 Å². The van der Waals surface area contributed by atoms with Crippen molar-refractivity contribution in [2.24, 2.45) is 0 Å². The van der Waals surface area contributed by atoms with Gasteiger partial charge in [0.05, 0.1) is 5.75 Å². The molecule has 1 N–H and O–H groups in total. The fourth-order valence-corrected chi connectivity index (χ4v) is 3.53. The number of benzene rings is 2. The summed E-state index contributed by atoms with van der Waals surface area (Å²) in [5, 5.41) is 5.78. The highest BCUT2D eigenvalue weighted by Gasteiger charge is 2.22. The van der Waals surface area contributed by atoms with E-state index in [4.69, 9.17) is 0 Å². The first kappa shape index (κ1) is 17.1. The zero-order valence-corrected chi connectivity index (χ0v) is 14.3. The van der Waals surface area contributed by atoms with Gasteiger partial charge in [-0.25, -0.2) is 0 Å². The van der Waals surface area contributed by atoms with Crippen LogP contribution in [0.5, 0.6) is 0 Å². The molecule has 3 rings (SSSR count). The fourth-order valence-electron chi connectivity index (χ4n) is 2.70. The molecule has 0 saturated carbocycles. The van der Waals surface area contributed by atoms with Crippen molar-refractivity contribution >= 4 is 40.8 Å². The molecule has 1 amide bonds. The number of hydrogen-bond donors (Lipinski definition) is 1. The third-order valence-corrected chi connectivity index (χ3v) is 4.88. The van der Waals surface area contributed by atoms with Gasteiger partial charge in [0, 0.05) is 30.6 Å². The Balaban J connectivity index is 0.00000176. The monoisotopic (exact) mass is 336 g/mol. The molecule has 3 nitrogen and oxygen atoms in total. The van der Waals surface area contributed by atoms with Crippen LogP contribution in [0, 0.1) is 0 Å². The van der Waals surface area contributed by atoms with E-state index < -0.39 is 0 Å². The van der Waals surface area contributed by atoms with Crippen LogP contribution < -0.4 is 5.32 Å². The Morgan fingerprint density at radius 2 is 2.05 bits per heavy atom. The third kappa shape index (κ3) is 3.94. The first-order valence-electron chi connectivity index (χ1n) is 7.36. The number of fused-ring (bicyclic) bond motifs is 1. The highest BCUT2D eigenvalue weighted by molar-refractivity contribution is 8.00. The first-order valence-corrected chi connectivity index (χ1v) is 8.34. The number of amides is 1. The first-order chi connectivity index (χ1) is 10.2. The van der Waals surface area contributed by atoms with Crippen LogP contribution >= 0.6 is 24.2 Å². The average molecular weight is 337 g/mol. The Hall–Kier alpha value is -1.23. The molecule has 1 fully saturated rings. The second-order valence-electron chi connectivity index (χ2n) is 5.44. The zero-order valence-electron chi connectivity index (χ0n) is 12.6. The van der Waals surface area contributed by atoms with Crippen LogP contribution in [-0.4, -0.2) is 42.2 Å². The van der Waals surface area contributed by atoms with Gasteiger partial charge in [0.1, 0.15) is 0 Å².